The maximum absolute atomic E-state index is 11.4. The van der Waals surface area contributed by atoms with Crippen LogP contribution in [0.3, 0.4) is 0 Å². The second-order valence-electron chi connectivity index (χ2n) is 3.18. The van der Waals surface area contributed by atoms with Crippen LogP contribution in [0.15, 0.2) is 0 Å². The fraction of sp³-hybridized carbons (Fsp3) is 0.800. The average Bonchev–Trinajstić information content (AvgIpc) is 2.14. The zero-order valence-corrected chi connectivity index (χ0v) is 9.69. The normalized spacial score (nSPS) is 14.6. The Kier molecular flexibility index (Phi) is 5.77. The summed E-state index contributed by atoms with van der Waals surface area (Å²) in [5.74, 6) is -0.964. The highest BCUT2D eigenvalue weighted by Gasteiger charge is 2.41. The standard InChI is InChI=1S/C10H17ClO3/c1-4-6-7-10(11,8(3)12)9(13)14-5-2/h4-7H2,1-3H3. The lowest BCUT2D eigenvalue weighted by Crippen LogP contribution is -2.41. The first-order valence-corrected chi connectivity index (χ1v) is 5.24. The van der Waals surface area contributed by atoms with Gasteiger partial charge in [-0.15, -0.1) is 0 Å². The number of unbranched alkanes of at least 4 members (excludes halogenated alkanes) is 1. The van der Waals surface area contributed by atoms with Crippen molar-refractivity contribution in [3.63, 3.8) is 0 Å². The van der Waals surface area contributed by atoms with Gasteiger partial charge in [-0.1, -0.05) is 31.4 Å². The number of ketones is 1. The molecular formula is C10H17ClO3. The molecule has 82 valence electrons. The van der Waals surface area contributed by atoms with Gasteiger partial charge in [0.25, 0.3) is 0 Å². The number of ether oxygens (including phenoxy) is 1. The predicted octanol–water partition coefficient (Wildman–Crippen LogP) is 2.31. The first-order chi connectivity index (χ1) is 6.49. The lowest BCUT2D eigenvalue weighted by atomic mass is 9.97. The molecule has 0 N–H and O–H groups in total. The second-order valence-corrected chi connectivity index (χ2v) is 3.83. The first kappa shape index (κ1) is 13.4. The molecule has 3 nitrogen and oxygen atoms in total. The molecule has 0 fully saturated rings. The summed E-state index contributed by atoms with van der Waals surface area (Å²) in [5.41, 5.74) is 0. The summed E-state index contributed by atoms with van der Waals surface area (Å²) in [6.45, 7) is 5.23. The van der Waals surface area contributed by atoms with E-state index in [1.807, 2.05) is 6.92 Å². The van der Waals surface area contributed by atoms with Gasteiger partial charge in [0.15, 0.2) is 10.7 Å². The van der Waals surface area contributed by atoms with Gasteiger partial charge in [0.2, 0.25) is 0 Å². The largest absolute Gasteiger partial charge is 0.464 e. The minimum atomic E-state index is -1.47. The summed E-state index contributed by atoms with van der Waals surface area (Å²) in [6, 6.07) is 0. The molecule has 14 heavy (non-hydrogen) atoms. The molecule has 0 aliphatic carbocycles. The average molecular weight is 221 g/mol. The zero-order chi connectivity index (χ0) is 11.2. The highest BCUT2D eigenvalue weighted by atomic mass is 35.5. The van der Waals surface area contributed by atoms with E-state index in [0.717, 1.165) is 12.8 Å². The van der Waals surface area contributed by atoms with Gasteiger partial charge in [-0.3, -0.25) is 4.79 Å². The molecule has 0 bridgehead atoms. The lowest BCUT2D eigenvalue weighted by molar-refractivity contribution is -0.149. The number of carbonyl (C=O) groups excluding carboxylic acids is 2. The molecule has 0 aliphatic heterocycles. The third-order valence-corrected chi connectivity index (χ3v) is 2.64. The molecule has 0 radical (unpaired) electrons. The first-order valence-electron chi connectivity index (χ1n) is 4.86. The van der Waals surface area contributed by atoms with Gasteiger partial charge >= 0.3 is 5.97 Å². The smallest absolute Gasteiger partial charge is 0.334 e. The Labute approximate surface area is 89.8 Å². The van der Waals surface area contributed by atoms with Gasteiger partial charge in [0, 0.05) is 0 Å². The van der Waals surface area contributed by atoms with Crippen molar-refractivity contribution in [2.75, 3.05) is 6.61 Å². The van der Waals surface area contributed by atoms with Crippen LogP contribution in [0.25, 0.3) is 0 Å². The van der Waals surface area contributed by atoms with E-state index in [9.17, 15) is 9.59 Å². The SMILES string of the molecule is CCCCC(Cl)(C(C)=O)C(=O)OCC. The van der Waals surface area contributed by atoms with E-state index < -0.39 is 10.8 Å². The van der Waals surface area contributed by atoms with Crippen LogP contribution in [0, 0.1) is 0 Å². The van der Waals surface area contributed by atoms with Crippen molar-refractivity contribution in [1.29, 1.82) is 0 Å². The lowest BCUT2D eigenvalue weighted by Gasteiger charge is -2.21. The van der Waals surface area contributed by atoms with Crippen LogP contribution in [0.2, 0.25) is 0 Å². The van der Waals surface area contributed by atoms with Crippen molar-refractivity contribution in [3.8, 4) is 0 Å². The Morgan fingerprint density at radius 3 is 2.29 bits per heavy atom. The van der Waals surface area contributed by atoms with E-state index in [1.54, 1.807) is 6.92 Å². The fourth-order valence-corrected chi connectivity index (χ4v) is 1.28. The number of esters is 1. The van der Waals surface area contributed by atoms with Gasteiger partial charge < -0.3 is 4.74 Å². The van der Waals surface area contributed by atoms with Crippen LogP contribution >= 0.6 is 11.6 Å². The summed E-state index contributed by atoms with van der Waals surface area (Å²) in [4.78, 5) is 21.2. The Hall–Kier alpha value is -0.570. The molecule has 1 unspecified atom stereocenters. The highest BCUT2D eigenvalue weighted by molar-refractivity contribution is 6.45. The third-order valence-electron chi connectivity index (χ3n) is 2.03. The Bertz CT molecular complexity index is 215. The van der Waals surface area contributed by atoms with Crippen molar-refractivity contribution in [3.05, 3.63) is 0 Å². The molecule has 0 heterocycles. The molecule has 0 aromatic rings. The maximum Gasteiger partial charge on any atom is 0.334 e. The molecule has 1 atom stereocenters. The summed E-state index contributed by atoms with van der Waals surface area (Å²) in [7, 11) is 0. The minimum absolute atomic E-state index is 0.243. The zero-order valence-electron chi connectivity index (χ0n) is 8.93. The van der Waals surface area contributed by atoms with Crippen LogP contribution in [-0.2, 0) is 14.3 Å². The van der Waals surface area contributed by atoms with Gasteiger partial charge in [0.1, 0.15) is 0 Å². The summed E-state index contributed by atoms with van der Waals surface area (Å²) in [5, 5.41) is 0. The third kappa shape index (κ3) is 3.29. The number of hydrogen-bond acceptors (Lipinski definition) is 3. The van der Waals surface area contributed by atoms with E-state index in [2.05, 4.69) is 0 Å². The number of halogens is 1. The van der Waals surface area contributed by atoms with Crippen LogP contribution < -0.4 is 0 Å². The van der Waals surface area contributed by atoms with Crippen molar-refractivity contribution < 1.29 is 14.3 Å². The molecule has 4 heteroatoms. The summed E-state index contributed by atoms with van der Waals surface area (Å²) >= 11 is 5.96. The number of alkyl halides is 1. The molecule has 0 saturated carbocycles. The van der Waals surface area contributed by atoms with Crippen LogP contribution in [0.1, 0.15) is 40.0 Å². The maximum atomic E-state index is 11.4. The molecule has 0 aromatic heterocycles. The van der Waals surface area contributed by atoms with Crippen LogP contribution in [0.4, 0.5) is 0 Å². The van der Waals surface area contributed by atoms with E-state index in [1.165, 1.54) is 6.92 Å². The van der Waals surface area contributed by atoms with E-state index in [4.69, 9.17) is 16.3 Å². The number of carbonyl (C=O) groups is 2. The van der Waals surface area contributed by atoms with E-state index >= 15 is 0 Å². The Balaban J connectivity index is 4.53. The van der Waals surface area contributed by atoms with Gasteiger partial charge in [-0.25, -0.2) is 4.79 Å². The summed E-state index contributed by atoms with van der Waals surface area (Å²) in [6.07, 6.45) is 1.97. The number of hydrogen-bond donors (Lipinski definition) is 0. The second kappa shape index (κ2) is 6.02. The molecule has 0 rings (SSSR count). The van der Waals surface area contributed by atoms with Crippen LogP contribution in [-0.4, -0.2) is 23.2 Å². The molecule has 0 amide bonds. The minimum Gasteiger partial charge on any atom is -0.464 e. The molecule has 0 aliphatic rings. The molecule has 0 spiro atoms. The van der Waals surface area contributed by atoms with Gasteiger partial charge in [-0.2, -0.15) is 0 Å². The monoisotopic (exact) mass is 220 g/mol. The van der Waals surface area contributed by atoms with Gasteiger partial charge in [-0.05, 0) is 20.3 Å². The Morgan fingerprint density at radius 1 is 1.36 bits per heavy atom. The van der Waals surface area contributed by atoms with Crippen molar-refractivity contribution >= 4 is 23.4 Å². The van der Waals surface area contributed by atoms with Crippen molar-refractivity contribution in [2.24, 2.45) is 0 Å². The van der Waals surface area contributed by atoms with Crippen molar-refractivity contribution in [1.82, 2.24) is 0 Å². The summed E-state index contributed by atoms with van der Waals surface area (Å²) < 4.78 is 4.77. The fourth-order valence-electron chi connectivity index (χ4n) is 1.09. The molecule has 0 saturated heterocycles. The predicted molar refractivity (Wildman–Crippen MR) is 55.4 cm³/mol. The van der Waals surface area contributed by atoms with Crippen molar-refractivity contribution in [2.45, 2.75) is 44.9 Å². The molecule has 0 aromatic carbocycles. The quantitative estimate of drug-likeness (QED) is 0.392. The number of Topliss-reactive ketones (excluding diaryl/α,β-unsaturated/α-hetero) is 1. The topological polar surface area (TPSA) is 43.4 Å². The van der Waals surface area contributed by atoms with E-state index in [0.29, 0.717) is 6.42 Å². The Morgan fingerprint density at radius 2 is 1.93 bits per heavy atom. The number of rotatable bonds is 6. The van der Waals surface area contributed by atoms with E-state index in [-0.39, 0.29) is 12.4 Å². The molecular weight excluding hydrogens is 204 g/mol. The van der Waals surface area contributed by atoms with Gasteiger partial charge in [0.05, 0.1) is 6.61 Å². The van der Waals surface area contributed by atoms with Crippen LogP contribution in [0.5, 0.6) is 0 Å². The highest BCUT2D eigenvalue weighted by Crippen LogP contribution is 2.25.